The van der Waals surface area contributed by atoms with Crippen LogP contribution in [0.5, 0.6) is 0 Å². The molecule has 0 saturated carbocycles. The van der Waals surface area contributed by atoms with E-state index >= 15 is 0 Å². The zero-order valence-corrected chi connectivity index (χ0v) is 18.9. The van der Waals surface area contributed by atoms with Crippen molar-refractivity contribution in [1.82, 2.24) is 0 Å². The number of rotatable bonds is 6. The van der Waals surface area contributed by atoms with Gasteiger partial charge in [-0.25, -0.2) is 0 Å². The Kier molecular flexibility index (Phi) is 5.68. The second-order valence-corrected chi connectivity index (χ2v) is 17.5. The van der Waals surface area contributed by atoms with Crippen LogP contribution in [-0.2, 0) is 0 Å². The predicted molar refractivity (Wildman–Crippen MR) is 125 cm³/mol. The summed E-state index contributed by atoms with van der Waals surface area (Å²) in [6.07, 6.45) is 0. The Morgan fingerprint density at radius 3 is 1.52 bits per heavy atom. The summed E-state index contributed by atoms with van der Waals surface area (Å²) < 4.78 is 0. The molecule has 2 heteroatoms. The van der Waals surface area contributed by atoms with E-state index in [4.69, 9.17) is 6.58 Å². The van der Waals surface area contributed by atoms with Crippen LogP contribution >= 0.6 is 0 Å². The maximum Gasteiger partial charge on any atom is 0.107 e. The highest BCUT2D eigenvalue weighted by Crippen LogP contribution is 2.37. The fourth-order valence-corrected chi connectivity index (χ4v) is 11.9. The molecule has 138 valence electrons. The van der Waals surface area contributed by atoms with Gasteiger partial charge in [0.1, 0.15) is 8.07 Å². The molecule has 0 bridgehead atoms. The van der Waals surface area contributed by atoms with E-state index in [1.807, 2.05) is 0 Å². The van der Waals surface area contributed by atoms with E-state index in [1.54, 1.807) is 0 Å². The first-order valence-electron chi connectivity index (χ1n) is 9.70. The monoisotopic (exact) mass is 386 g/mol. The maximum absolute atomic E-state index is 4.77. The van der Waals surface area contributed by atoms with Crippen LogP contribution in [0.3, 0.4) is 0 Å². The van der Waals surface area contributed by atoms with Crippen LogP contribution in [-0.4, -0.2) is 16.1 Å². The van der Waals surface area contributed by atoms with E-state index in [1.165, 1.54) is 21.1 Å². The van der Waals surface area contributed by atoms with Gasteiger partial charge in [-0.15, -0.1) is 6.58 Å². The molecule has 0 aromatic heterocycles. The van der Waals surface area contributed by atoms with Crippen molar-refractivity contribution in [2.24, 2.45) is 0 Å². The molecule has 0 nitrogen and oxygen atoms in total. The molecule has 0 aliphatic carbocycles. The van der Waals surface area contributed by atoms with Gasteiger partial charge in [0.15, 0.2) is 0 Å². The van der Waals surface area contributed by atoms with E-state index in [9.17, 15) is 0 Å². The standard InChI is InChI=1S/C25H30Si2/c1-21(26(2,3)23-17-11-7-12-18-23)25(22-15-9-6-10-16-22)27(4,5)24-19-13-8-14-20-24/h6-20,25H,1H2,2-5H3. The molecule has 27 heavy (non-hydrogen) atoms. The molecule has 0 heterocycles. The van der Waals surface area contributed by atoms with Crippen molar-refractivity contribution >= 4 is 26.5 Å². The zero-order valence-electron chi connectivity index (χ0n) is 16.9. The third-order valence-corrected chi connectivity index (χ3v) is 13.9. The molecule has 1 atom stereocenters. The molecule has 3 aromatic carbocycles. The maximum atomic E-state index is 4.77. The van der Waals surface area contributed by atoms with Gasteiger partial charge in [0.2, 0.25) is 0 Å². The highest BCUT2D eigenvalue weighted by Gasteiger charge is 2.42. The second-order valence-electron chi connectivity index (χ2n) is 8.45. The first kappa shape index (κ1) is 19.6. The minimum atomic E-state index is -1.83. The lowest BCUT2D eigenvalue weighted by Crippen LogP contribution is -2.54. The van der Waals surface area contributed by atoms with Crippen LogP contribution in [0.1, 0.15) is 11.1 Å². The van der Waals surface area contributed by atoms with Gasteiger partial charge < -0.3 is 0 Å². The largest absolute Gasteiger partial charge is 0.107 e. The lowest BCUT2D eigenvalue weighted by Gasteiger charge is -2.40. The molecule has 0 saturated heterocycles. The average Bonchev–Trinajstić information content (AvgIpc) is 2.70. The summed E-state index contributed by atoms with van der Waals surface area (Å²) in [6.45, 7) is 14.7. The molecule has 0 N–H and O–H groups in total. The van der Waals surface area contributed by atoms with Gasteiger partial charge in [0, 0.05) is 5.54 Å². The van der Waals surface area contributed by atoms with Gasteiger partial charge in [-0.3, -0.25) is 0 Å². The van der Waals surface area contributed by atoms with E-state index < -0.39 is 16.1 Å². The lowest BCUT2D eigenvalue weighted by atomic mass is 10.1. The molecule has 3 rings (SSSR count). The van der Waals surface area contributed by atoms with E-state index in [0.29, 0.717) is 5.54 Å². The topological polar surface area (TPSA) is 0 Å². The Hall–Kier alpha value is -2.17. The molecule has 0 aliphatic rings. The molecular formula is C25H30Si2. The van der Waals surface area contributed by atoms with Crippen molar-refractivity contribution in [3.05, 3.63) is 108 Å². The van der Waals surface area contributed by atoms with Gasteiger partial charge in [0.25, 0.3) is 0 Å². The number of hydrogen-bond acceptors (Lipinski definition) is 0. The Bertz CT molecular complexity index is 881. The quantitative estimate of drug-likeness (QED) is 0.481. The summed E-state index contributed by atoms with van der Waals surface area (Å²) in [5, 5.41) is 4.41. The van der Waals surface area contributed by atoms with Crippen molar-refractivity contribution < 1.29 is 0 Å². The Balaban J connectivity index is 2.12. The Labute approximate surface area is 166 Å². The van der Waals surface area contributed by atoms with Crippen molar-refractivity contribution in [1.29, 1.82) is 0 Å². The highest BCUT2D eigenvalue weighted by molar-refractivity contribution is 7.00. The SMILES string of the molecule is C=C(C(c1ccccc1)[Si](C)(C)c1ccccc1)[Si](C)(C)c1ccccc1. The second kappa shape index (κ2) is 7.83. The van der Waals surface area contributed by atoms with E-state index in [0.717, 1.165) is 0 Å². The molecule has 3 aromatic rings. The van der Waals surface area contributed by atoms with Crippen LogP contribution in [0.15, 0.2) is 103 Å². The zero-order chi connectivity index (χ0) is 19.5. The summed E-state index contributed by atoms with van der Waals surface area (Å²) in [5.74, 6) is 0. The predicted octanol–water partition coefficient (Wildman–Crippen LogP) is 5.64. The van der Waals surface area contributed by atoms with Crippen molar-refractivity contribution in [2.45, 2.75) is 31.7 Å². The normalized spacial score (nSPS) is 13.2. The average molecular weight is 387 g/mol. The lowest BCUT2D eigenvalue weighted by molar-refractivity contribution is 1.11. The third kappa shape index (κ3) is 3.92. The number of benzene rings is 3. The summed E-state index contributed by atoms with van der Waals surface area (Å²) in [4.78, 5) is 0. The minimum Gasteiger partial charge on any atom is -0.103 e. The smallest absolute Gasteiger partial charge is 0.103 e. The minimum absolute atomic E-state index is 0.406. The molecule has 1 unspecified atom stereocenters. The van der Waals surface area contributed by atoms with Crippen molar-refractivity contribution in [3.8, 4) is 0 Å². The van der Waals surface area contributed by atoms with Crippen molar-refractivity contribution in [3.63, 3.8) is 0 Å². The molecular weight excluding hydrogens is 356 g/mol. The van der Waals surface area contributed by atoms with Crippen LogP contribution in [0.25, 0.3) is 0 Å². The van der Waals surface area contributed by atoms with Crippen LogP contribution in [0.4, 0.5) is 0 Å². The fraction of sp³-hybridized carbons (Fsp3) is 0.200. The Morgan fingerprint density at radius 2 is 1.04 bits per heavy atom. The van der Waals surface area contributed by atoms with Crippen LogP contribution in [0.2, 0.25) is 26.2 Å². The molecule has 0 radical (unpaired) electrons. The van der Waals surface area contributed by atoms with Gasteiger partial charge in [-0.05, 0) is 5.56 Å². The molecule has 0 amide bonds. The summed E-state index contributed by atoms with van der Waals surface area (Å²) in [6, 6.07) is 33.1. The highest BCUT2D eigenvalue weighted by atomic mass is 28.3. The van der Waals surface area contributed by atoms with E-state index in [-0.39, 0.29) is 0 Å². The summed E-state index contributed by atoms with van der Waals surface area (Å²) >= 11 is 0. The van der Waals surface area contributed by atoms with Crippen LogP contribution < -0.4 is 10.4 Å². The number of allylic oxidation sites excluding steroid dienone is 1. The molecule has 0 fully saturated rings. The molecule has 0 spiro atoms. The third-order valence-electron chi connectivity index (χ3n) is 6.02. The first-order valence-corrected chi connectivity index (χ1v) is 15.8. The van der Waals surface area contributed by atoms with Gasteiger partial charge in [-0.2, -0.15) is 0 Å². The van der Waals surface area contributed by atoms with Crippen molar-refractivity contribution in [2.75, 3.05) is 0 Å². The fourth-order valence-electron chi connectivity index (χ4n) is 4.13. The van der Waals surface area contributed by atoms with E-state index in [2.05, 4.69) is 117 Å². The molecule has 0 aliphatic heterocycles. The first-order chi connectivity index (χ1) is 12.8. The van der Waals surface area contributed by atoms with Gasteiger partial charge in [0.05, 0.1) is 8.07 Å². The Morgan fingerprint density at radius 1 is 0.630 bits per heavy atom. The van der Waals surface area contributed by atoms with Gasteiger partial charge >= 0.3 is 0 Å². The summed E-state index contributed by atoms with van der Waals surface area (Å²) in [5.41, 5.74) is 1.82. The van der Waals surface area contributed by atoms with Gasteiger partial charge in [-0.1, -0.05) is 133 Å². The summed E-state index contributed by atoms with van der Waals surface area (Å²) in [7, 11) is -3.65. The van der Waals surface area contributed by atoms with Crippen LogP contribution in [0, 0.1) is 0 Å². The number of hydrogen-bond donors (Lipinski definition) is 0.